The van der Waals surface area contributed by atoms with E-state index in [2.05, 4.69) is 10.2 Å². The first-order valence-electron chi connectivity index (χ1n) is 5.40. The molecule has 0 radical (unpaired) electrons. The van der Waals surface area contributed by atoms with Gasteiger partial charge in [-0.1, -0.05) is 0 Å². The van der Waals surface area contributed by atoms with E-state index in [1.165, 1.54) is 0 Å². The summed E-state index contributed by atoms with van der Waals surface area (Å²) < 4.78 is 5.55. The molecule has 4 N–H and O–H groups in total. The topological polar surface area (TPSA) is 86.0 Å². The maximum absolute atomic E-state index is 5.55. The van der Waals surface area contributed by atoms with Crippen molar-refractivity contribution in [1.82, 2.24) is 0 Å². The van der Waals surface area contributed by atoms with Crippen molar-refractivity contribution >= 4 is 12.2 Å². The summed E-state index contributed by atoms with van der Waals surface area (Å²) in [5.74, 6) is 0.868. The van der Waals surface area contributed by atoms with Crippen molar-refractivity contribution < 1.29 is 4.74 Å². The van der Waals surface area contributed by atoms with Crippen LogP contribution in [0.4, 0.5) is 0 Å². The molecule has 5 nitrogen and oxygen atoms in total. The van der Waals surface area contributed by atoms with E-state index in [0.717, 1.165) is 22.4 Å². The van der Waals surface area contributed by atoms with Crippen LogP contribution in [0.1, 0.15) is 23.6 Å². The lowest BCUT2D eigenvalue weighted by Crippen LogP contribution is -2.21. The van der Waals surface area contributed by atoms with Gasteiger partial charge >= 0.3 is 0 Å². The van der Waals surface area contributed by atoms with Crippen LogP contribution in [-0.2, 0) is 0 Å². The molecule has 0 saturated heterocycles. The Hall–Kier alpha value is -2.04. The van der Waals surface area contributed by atoms with Gasteiger partial charge in [-0.2, -0.15) is 5.10 Å². The second-order valence-electron chi connectivity index (χ2n) is 3.69. The van der Waals surface area contributed by atoms with Gasteiger partial charge in [-0.05, 0) is 49.6 Å². The largest absolute Gasteiger partial charge is 0.493 e. The molecular weight excluding hydrogens is 216 g/mol. The van der Waals surface area contributed by atoms with Gasteiger partial charge in [0.1, 0.15) is 5.75 Å². The fourth-order valence-corrected chi connectivity index (χ4v) is 1.59. The number of guanidine groups is 1. The second-order valence-corrected chi connectivity index (χ2v) is 3.69. The van der Waals surface area contributed by atoms with Crippen LogP contribution in [0.3, 0.4) is 0 Å². The minimum atomic E-state index is -0.0550. The van der Waals surface area contributed by atoms with Crippen LogP contribution in [0, 0.1) is 13.8 Å². The highest BCUT2D eigenvalue weighted by atomic mass is 16.5. The van der Waals surface area contributed by atoms with Crippen LogP contribution in [-0.4, -0.2) is 18.8 Å². The molecule has 5 heteroatoms. The predicted octanol–water partition coefficient (Wildman–Crippen LogP) is 1.31. The molecule has 1 aromatic carbocycles. The summed E-state index contributed by atoms with van der Waals surface area (Å²) in [6, 6.07) is 3.95. The van der Waals surface area contributed by atoms with Gasteiger partial charge in [0.05, 0.1) is 12.8 Å². The van der Waals surface area contributed by atoms with Crippen molar-refractivity contribution in [2.45, 2.75) is 20.8 Å². The number of benzene rings is 1. The molecule has 0 aromatic heterocycles. The molecule has 0 spiro atoms. The molecule has 0 unspecified atom stereocenters. The highest BCUT2D eigenvalue weighted by molar-refractivity contribution is 5.82. The van der Waals surface area contributed by atoms with Crippen LogP contribution in [0.15, 0.2) is 22.3 Å². The van der Waals surface area contributed by atoms with Crippen LogP contribution < -0.4 is 16.2 Å². The standard InChI is InChI=1S/C12H18N4O/c1-4-17-11-8(2)5-10(6-9(11)3)7-15-16-12(13)14/h5-7H,4H2,1-3H3,(H4,13,14,16). The number of aryl methyl sites for hydroxylation is 2. The monoisotopic (exact) mass is 234 g/mol. The zero-order chi connectivity index (χ0) is 12.8. The Bertz CT molecular complexity index is 425. The van der Waals surface area contributed by atoms with E-state index in [-0.39, 0.29) is 5.96 Å². The Morgan fingerprint density at radius 2 is 1.88 bits per heavy atom. The molecule has 0 aliphatic heterocycles. The number of hydrogen-bond donors (Lipinski definition) is 2. The normalized spacial score (nSPS) is 10.5. The quantitative estimate of drug-likeness (QED) is 0.468. The van der Waals surface area contributed by atoms with Gasteiger partial charge in [-0.3, -0.25) is 0 Å². The van der Waals surface area contributed by atoms with Gasteiger partial charge in [0.25, 0.3) is 0 Å². The molecule has 0 saturated carbocycles. The molecule has 0 bridgehead atoms. The van der Waals surface area contributed by atoms with E-state index >= 15 is 0 Å². The lowest BCUT2D eigenvalue weighted by molar-refractivity contribution is 0.335. The summed E-state index contributed by atoms with van der Waals surface area (Å²) in [5.41, 5.74) is 13.4. The van der Waals surface area contributed by atoms with Gasteiger partial charge in [0, 0.05) is 0 Å². The third-order valence-corrected chi connectivity index (χ3v) is 2.15. The Morgan fingerprint density at radius 1 is 1.29 bits per heavy atom. The molecule has 0 atom stereocenters. The summed E-state index contributed by atoms with van der Waals surface area (Å²) in [5, 5.41) is 7.32. The number of nitrogens with two attached hydrogens (primary N) is 2. The zero-order valence-corrected chi connectivity index (χ0v) is 10.4. The highest BCUT2D eigenvalue weighted by Gasteiger charge is 2.04. The van der Waals surface area contributed by atoms with E-state index in [1.807, 2.05) is 32.9 Å². The Morgan fingerprint density at radius 3 is 2.35 bits per heavy atom. The molecule has 1 rings (SSSR count). The summed E-state index contributed by atoms with van der Waals surface area (Å²) in [6.07, 6.45) is 1.61. The first-order valence-corrected chi connectivity index (χ1v) is 5.40. The second kappa shape index (κ2) is 5.89. The number of nitrogens with zero attached hydrogens (tertiary/aromatic N) is 2. The first-order chi connectivity index (χ1) is 8.04. The van der Waals surface area contributed by atoms with Crippen LogP contribution >= 0.6 is 0 Å². The van der Waals surface area contributed by atoms with E-state index in [1.54, 1.807) is 6.21 Å². The fraction of sp³-hybridized carbons (Fsp3) is 0.333. The van der Waals surface area contributed by atoms with Gasteiger partial charge in [0.15, 0.2) is 0 Å². The fourth-order valence-electron chi connectivity index (χ4n) is 1.59. The lowest BCUT2D eigenvalue weighted by Gasteiger charge is -2.11. The summed E-state index contributed by atoms with van der Waals surface area (Å²) in [6.45, 7) is 6.61. The molecule has 0 aliphatic carbocycles. The van der Waals surface area contributed by atoms with E-state index in [4.69, 9.17) is 16.2 Å². The van der Waals surface area contributed by atoms with Crippen molar-refractivity contribution in [3.63, 3.8) is 0 Å². The first kappa shape index (κ1) is 13.0. The van der Waals surface area contributed by atoms with E-state index < -0.39 is 0 Å². The molecule has 0 heterocycles. The van der Waals surface area contributed by atoms with Crippen LogP contribution in [0.5, 0.6) is 5.75 Å². The summed E-state index contributed by atoms with van der Waals surface area (Å²) in [4.78, 5) is 0. The van der Waals surface area contributed by atoms with Crippen molar-refractivity contribution in [2.24, 2.45) is 21.7 Å². The van der Waals surface area contributed by atoms with Gasteiger partial charge in [-0.25, -0.2) is 0 Å². The summed E-state index contributed by atoms with van der Waals surface area (Å²) >= 11 is 0. The van der Waals surface area contributed by atoms with Crippen LogP contribution in [0.2, 0.25) is 0 Å². The molecule has 0 fully saturated rings. The third kappa shape index (κ3) is 3.79. The SMILES string of the molecule is CCOc1c(C)cc(C=NN=C(N)N)cc1C. The Kier molecular flexibility index (Phi) is 4.51. The smallest absolute Gasteiger partial charge is 0.211 e. The zero-order valence-electron chi connectivity index (χ0n) is 10.4. The molecule has 1 aromatic rings. The van der Waals surface area contributed by atoms with E-state index in [9.17, 15) is 0 Å². The Labute approximate surface area is 101 Å². The Balaban J connectivity index is 2.98. The minimum absolute atomic E-state index is 0.0550. The number of rotatable bonds is 4. The van der Waals surface area contributed by atoms with Crippen LogP contribution in [0.25, 0.3) is 0 Å². The molecular formula is C12H18N4O. The lowest BCUT2D eigenvalue weighted by atomic mass is 10.1. The van der Waals surface area contributed by atoms with Crippen molar-refractivity contribution in [3.05, 3.63) is 28.8 Å². The minimum Gasteiger partial charge on any atom is -0.493 e. The molecule has 0 aliphatic rings. The highest BCUT2D eigenvalue weighted by Crippen LogP contribution is 2.24. The molecule has 0 amide bonds. The van der Waals surface area contributed by atoms with Crippen molar-refractivity contribution in [3.8, 4) is 5.75 Å². The number of ether oxygens (including phenoxy) is 1. The number of hydrogen-bond acceptors (Lipinski definition) is 3. The average Bonchev–Trinajstić information content (AvgIpc) is 2.23. The third-order valence-electron chi connectivity index (χ3n) is 2.15. The average molecular weight is 234 g/mol. The van der Waals surface area contributed by atoms with Crippen molar-refractivity contribution in [1.29, 1.82) is 0 Å². The molecule has 17 heavy (non-hydrogen) atoms. The maximum atomic E-state index is 5.55. The van der Waals surface area contributed by atoms with Crippen molar-refractivity contribution in [2.75, 3.05) is 6.61 Å². The van der Waals surface area contributed by atoms with Gasteiger partial charge < -0.3 is 16.2 Å². The van der Waals surface area contributed by atoms with E-state index in [0.29, 0.717) is 6.61 Å². The maximum Gasteiger partial charge on any atom is 0.211 e. The summed E-state index contributed by atoms with van der Waals surface area (Å²) in [7, 11) is 0. The molecule has 92 valence electrons. The predicted molar refractivity (Wildman–Crippen MR) is 70.5 cm³/mol. The van der Waals surface area contributed by atoms with Gasteiger partial charge in [-0.15, -0.1) is 5.10 Å². The van der Waals surface area contributed by atoms with Gasteiger partial charge in [0.2, 0.25) is 5.96 Å².